The van der Waals surface area contributed by atoms with Crippen LogP contribution in [0.5, 0.6) is 5.75 Å². The number of nitrogens with one attached hydrogen (secondary N) is 1. The summed E-state index contributed by atoms with van der Waals surface area (Å²) in [6.07, 6.45) is 2.94. The maximum atomic E-state index is 12.0. The Balaban J connectivity index is 2.61. The van der Waals surface area contributed by atoms with Gasteiger partial charge in [0.1, 0.15) is 5.75 Å². The fraction of sp³-hybridized carbons (Fsp3) is 0.400. The van der Waals surface area contributed by atoms with Gasteiger partial charge in [0.25, 0.3) is 0 Å². The molecule has 4 heteroatoms. The van der Waals surface area contributed by atoms with Crippen LogP contribution in [0.2, 0.25) is 0 Å². The highest BCUT2D eigenvalue weighted by Gasteiger charge is 2.20. The van der Waals surface area contributed by atoms with Gasteiger partial charge in [-0.05, 0) is 18.9 Å². The van der Waals surface area contributed by atoms with E-state index in [4.69, 9.17) is 9.47 Å². The molecular weight excluding hydrogens is 242 g/mol. The van der Waals surface area contributed by atoms with Crippen LogP contribution in [0.25, 0.3) is 10.9 Å². The Bertz CT molecular complexity index is 586. The minimum Gasteiger partial charge on any atom is -0.495 e. The molecule has 0 saturated heterocycles. The van der Waals surface area contributed by atoms with Gasteiger partial charge in [0, 0.05) is 11.1 Å². The average Bonchev–Trinajstić information content (AvgIpc) is 2.82. The van der Waals surface area contributed by atoms with Crippen LogP contribution >= 0.6 is 0 Å². The Morgan fingerprint density at radius 3 is 2.74 bits per heavy atom. The van der Waals surface area contributed by atoms with Crippen LogP contribution in [0.15, 0.2) is 18.2 Å². The SMILES string of the molecule is CCCCc1[nH]c2c(OC)cccc2c1C(=O)OC. The third-order valence-corrected chi connectivity index (χ3v) is 3.26. The van der Waals surface area contributed by atoms with Crippen LogP contribution in [0.1, 0.15) is 35.8 Å². The zero-order chi connectivity index (χ0) is 13.8. The molecule has 1 N–H and O–H groups in total. The molecule has 4 nitrogen and oxygen atoms in total. The largest absolute Gasteiger partial charge is 0.495 e. The summed E-state index contributed by atoms with van der Waals surface area (Å²) in [6.45, 7) is 2.13. The molecule has 0 spiro atoms. The highest BCUT2D eigenvalue weighted by Crippen LogP contribution is 2.30. The van der Waals surface area contributed by atoms with Gasteiger partial charge in [0.15, 0.2) is 0 Å². The minimum atomic E-state index is -0.300. The lowest BCUT2D eigenvalue weighted by Crippen LogP contribution is -2.04. The number of esters is 1. The van der Waals surface area contributed by atoms with E-state index in [9.17, 15) is 4.79 Å². The number of aromatic nitrogens is 1. The number of hydrogen-bond donors (Lipinski definition) is 1. The number of H-pyrrole nitrogens is 1. The van der Waals surface area contributed by atoms with E-state index in [-0.39, 0.29) is 5.97 Å². The molecular formula is C15H19NO3. The number of aromatic amines is 1. The summed E-state index contributed by atoms with van der Waals surface area (Å²) in [5.41, 5.74) is 2.41. The molecule has 1 aromatic heterocycles. The van der Waals surface area contributed by atoms with Crippen molar-refractivity contribution in [3.05, 3.63) is 29.5 Å². The number of carbonyl (C=O) groups is 1. The van der Waals surface area contributed by atoms with E-state index < -0.39 is 0 Å². The second kappa shape index (κ2) is 5.78. The predicted molar refractivity (Wildman–Crippen MR) is 74.8 cm³/mol. The summed E-state index contributed by atoms with van der Waals surface area (Å²) in [6, 6.07) is 5.67. The number of para-hydroxylation sites is 1. The van der Waals surface area contributed by atoms with Crippen LogP contribution in [-0.2, 0) is 11.2 Å². The number of fused-ring (bicyclic) bond motifs is 1. The van der Waals surface area contributed by atoms with Gasteiger partial charge in [-0.2, -0.15) is 0 Å². The number of rotatable bonds is 5. The molecule has 0 atom stereocenters. The van der Waals surface area contributed by atoms with E-state index in [1.165, 1.54) is 7.11 Å². The van der Waals surface area contributed by atoms with E-state index in [1.807, 2.05) is 18.2 Å². The molecule has 0 bridgehead atoms. The van der Waals surface area contributed by atoms with Crippen molar-refractivity contribution in [3.8, 4) is 5.75 Å². The molecule has 0 aliphatic carbocycles. The van der Waals surface area contributed by atoms with Crippen molar-refractivity contribution in [1.29, 1.82) is 0 Å². The first kappa shape index (κ1) is 13.5. The first-order chi connectivity index (χ1) is 9.22. The molecule has 2 rings (SSSR count). The van der Waals surface area contributed by atoms with Crippen molar-refractivity contribution in [2.75, 3.05) is 14.2 Å². The predicted octanol–water partition coefficient (Wildman–Crippen LogP) is 3.31. The van der Waals surface area contributed by atoms with Crippen LogP contribution in [0.4, 0.5) is 0 Å². The van der Waals surface area contributed by atoms with Crippen LogP contribution in [0, 0.1) is 0 Å². The quantitative estimate of drug-likeness (QED) is 0.840. The second-order valence-corrected chi connectivity index (χ2v) is 4.46. The second-order valence-electron chi connectivity index (χ2n) is 4.46. The monoisotopic (exact) mass is 261 g/mol. The summed E-state index contributed by atoms with van der Waals surface area (Å²) in [5, 5.41) is 0.859. The Morgan fingerprint density at radius 2 is 2.11 bits per heavy atom. The van der Waals surface area contributed by atoms with E-state index in [0.29, 0.717) is 5.56 Å². The molecule has 0 radical (unpaired) electrons. The van der Waals surface area contributed by atoms with Crippen molar-refractivity contribution in [2.24, 2.45) is 0 Å². The van der Waals surface area contributed by atoms with Crippen LogP contribution in [-0.4, -0.2) is 25.2 Å². The number of unbranched alkanes of at least 4 members (excludes halogenated alkanes) is 1. The standard InChI is InChI=1S/C15H19NO3/c1-4-5-8-11-13(15(17)19-3)10-7-6-9-12(18-2)14(10)16-11/h6-7,9,16H,4-5,8H2,1-3H3. The van der Waals surface area contributed by atoms with Gasteiger partial charge in [0.2, 0.25) is 0 Å². The number of benzene rings is 1. The lowest BCUT2D eigenvalue weighted by molar-refractivity contribution is 0.0601. The molecule has 0 saturated carbocycles. The number of carbonyl (C=O) groups excluding carboxylic acids is 1. The Morgan fingerprint density at radius 1 is 1.32 bits per heavy atom. The summed E-state index contributed by atoms with van der Waals surface area (Å²) in [4.78, 5) is 15.3. The summed E-state index contributed by atoms with van der Waals surface area (Å²) >= 11 is 0. The topological polar surface area (TPSA) is 51.3 Å². The molecule has 19 heavy (non-hydrogen) atoms. The molecule has 1 heterocycles. The molecule has 2 aromatic rings. The average molecular weight is 261 g/mol. The summed E-state index contributed by atoms with van der Waals surface area (Å²) in [7, 11) is 3.03. The number of aryl methyl sites for hydroxylation is 1. The van der Waals surface area contributed by atoms with Crippen molar-refractivity contribution in [1.82, 2.24) is 4.98 Å². The van der Waals surface area contributed by atoms with Gasteiger partial charge in [-0.1, -0.05) is 25.5 Å². The third kappa shape index (κ3) is 2.43. The minimum absolute atomic E-state index is 0.300. The van der Waals surface area contributed by atoms with Crippen LogP contribution < -0.4 is 4.74 Å². The van der Waals surface area contributed by atoms with Crippen molar-refractivity contribution < 1.29 is 14.3 Å². The highest BCUT2D eigenvalue weighted by molar-refractivity contribution is 6.07. The smallest absolute Gasteiger partial charge is 0.340 e. The number of hydrogen-bond acceptors (Lipinski definition) is 3. The lowest BCUT2D eigenvalue weighted by Gasteiger charge is -2.02. The van der Waals surface area contributed by atoms with Gasteiger partial charge in [-0.3, -0.25) is 0 Å². The molecule has 0 aliphatic rings. The molecule has 102 valence electrons. The molecule has 1 aromatic carbocycles. The van der Waals surface area contributed by atoms with Crippen molar-refractivity contribution in [2.45, 2.75) is 26.2 Å². The van der Waals surface area contributed by atoms with E-state index in [1.54, 1.807) is 7.11 Å². The van der Waals surface area contributed by atoms with Crippen molar-refractivity contribution >= 4 is 16.9 Å². The first-order valence-corrected chi connectivity index (χ1v) is 6.48. The van der Waals surface area contributed by atoms with E-state index in [2.05, 4.69) is 11.9 Å². The first-order valence-electron chi connectivity index (χ1n) is 6.48. The van der Waals surface area contributed by atoms with Crippen LogP contribution in [0.3, 0.4) is 0 Å². The van der Waals surface area contributed by atoms with Gasteiger partial charge in [-0.25, -0.2) is 4.79 Å². The zero-order valence-corrected chi connectivity index (χ0v) is 11.6. The lowest BCUT2D eigenvalue weighted by atomic mass is 10.1. The maximum Gasteiger partial charge on any atom is 0.340 e. The van der Waals surface area contributed by atoms with Gasteiger partial charge < -0.3 is 14.5 Å². The zero-order valence-electron chi connectivity index (χ0n) is 11.6. The fourth-order valence-electron chi connectivity index (χ4n) is 2.29. The van der Waals surface area contributed by atoms with Crippen molar-refractivity contribution in [3.63, 3.8) is 0 Å². The van der Waals surface area contributed by atoms with E-state index in [0.717, 1.165) is 41.6 Å². The van der Waals surface area contributed by atoms with Gasteiger partial charge in [-0.15, -0.1) is 0 Å². The molecule has 0 unspecified atom stereocenters. The van der Waals surface area contributed by atoms with Gasteiger partial charge in [0.05, 0.1) is 25.3 Å². The Kier molecular flexibility index (Phi) is 4.10. The Labute approximate surface area is 112 Å². The van der Waals surface area contributed by atoms with E-state index >= 15 is 0 Å². The normalized spacial score (nSPS) is 10.7. The maximum absolute atomic E-state index is 12.0. The Hall–Kier alpha value is -1.97. The third-order valence-electron chi connectivity index (χ3n) is 3.26. The molecule has 0 fully saturated rings. The molecule has 0 aliphatic heterocycles. The number of ether oxygens (including phenoxy) is 2. The molecule has 0 amide bonds. The summed E-state index contributed by atoms with van der Waals surface area (Å²) < 4.78 is 10.2. The summed E-state index contributed by atoms with van der Waals surface area (Å²) in [5.74, 6) is 0.441. The number of methoxy groups -OCH3 is 2. The highest BCUT2D eigenvalue weighted by atomic mass is 16.5. The van der Waals surface area contributed by atoms with Gasteiger partial charge >= 0.3 is 5.97 Å². The fourth-order valence-corrected chi connectivity index (χ4v) is 2.29.